The smallest absolute Gasteiger partial charge is 0.129 e. The molecule has 3 atom stereocenters. The first-order valence-electron chi connectivity index (χ1n) is 6.51. The number of nitrogens with two attached hydrogens (primary N) is 1. The minimum Gasteiger partial charge on any atom is -0.329 e. The van der Waals surface area contributed by atoms with Gasteiger partial charge in [0.05, 0.1) is 0 Å². The Balaban J connectivity index is 2.13. The first kappa shape index (κ1) is 13.8. The minimum absolute atomic E-state index is 0.200. The van der Waals surface area contributed by atoms with Crippen molar-refractivity contribution in [3.8, 4) is 0 Å². The van der Waals surface area contributed by atoms with Crippen LogP contribution in [0.5, 0.6) is 0 Å². The fourth-order valence-corrected chi connectivity index (χ4v) is 3.05. The molecule has 1 aliphatic rings. The summed E-state index contributed by atoms with van der Waals surface area (Å²) in [6, 6.07) is 4.98. The molecule has 0 radical (unpaired) electrons. The summed E-state index contributed by atoms with van der Waals surface area (Å²) in [5, 5.41) is 3.89. The largest absolute Gasteiger partial charge is 0.329 e. The normalized spacial score (nSPS) is 25.3. The van der Waals surface area contributed by atoms with Crippen molar-refractivity contribution >= 4 is 11.6 Å². The topological polar surface area (TPSA) is 38.0 Å². The minimum atomic E-state index is -0.281. The van der Waals surface area contributed by atoms with E-state index in [1.165, 1.54) is 12.5 Å². The van der Waals surface area contributed by atoms with Crippen LogP contribution in [0.15, 0.2) is 18.2 Å². The fourth-order valence-electron chi connectivity index (χ4n) is 2.76. The van der Waals surface area contributed by atoms with Gasteiger partial charge in [-0.15, -0.1) is 0 Å². The molecule has 1 aromatic carbocycles. The third-order valence-electron chi connectivity index (χ3n) is 3.72. The molecule has 0 bridgehead atoms. The predicted octanol–water partition coefficient (Wildman–Crippen LogP) is 3.26. The van der Waals surface area contributed by atoms with Crippen molar-refractivity contribution in [1.82, 2.24) is 5.32 Å². The molecular weight excluding hydrogens is 251 g/mol. The number of hydrogen-bond acceptors (Lipinski definition) is 2. The van der Waals surface area contributed by atoms with E-state index >= 15 is 0 Å². The molecule has 2 nitrogen and oxygen atoms in total. The van der Waals surface area contributed by atoms with Crippen molar-refractivity contribution in [2.75, 3.05) is 6.54 Å². The van der Waals surface area contributed by atoms with E-state index in [0.717, 1.165) is 18.8 Å². The number of halogens is 2. The van der Waals surface area contributed by atoms with Crippen LogP contribution in [0.1, 0.15) is 37.8 Å². The molecule has 0 aliphatic heterocycles. The summed E-state index contributed by atoms with van der Waals surface area (Å²) in [5.41, 5.74) is 6.27. The van der Waals surface area contributed by atoms with Crippen molar-refractivity contribution in [3.63, 3.8) is 0 Å². The Morgan fingerprint density at radius 3 is 2.83 bits per heavy atom. The monoisotopic (exact) mass is 270 g/mol. The molecule has 0 spiro atoms. The summed E-state index contributed by atoms with van der Waals surface area (Å²) >= 11 is 6.08. The van der Waals surface area contributed by atoms with Gasteiger partial charge in [-0.05, 0) is 37.3 Å². The van der Waals surface area contributed by atoms with E-state index in [0.29, 0.717) is 23.2 Å². The van der Waals surface area contributed by atoms with E-state index in [9.17, 15) is 4.39 Å². The maximum Gasteiger partial charge on any atom is 0.129 e. The Kier molecular flexibility index (Phi) is 4.60. The van der Waals surface area contributed by atoms with Crippen molar-refractivity contribution in [2.24, 2.45) is 11.7 Å². The number of benzene rings is 1. The van der Waals surface area contributed by atoms with E-state index in [4.69, 9.17) is 17.3 Å². The highest BCUT2D eigenvalue weighted by molar-refractivity contribution is 6.31. The molecule has 3 N–H and O–H groups in total. The Morgan fingerprint density at radius 2 is 2.28 bits per heavy atom. The zero-order valence-corrected chi connectivity index (χ0v) is 11.4. The van der Waals surface area contributed by atoms with Crippen molar-refractivity contribution in [2.45, 2.75) is 38.3 Å². The lowest BCUT2D eigenvalue weighted by molar-refractivity contribution is 0.423. The van der Waals surface area contributed by atoms with Gasteiger partial charge < -0.3 is 11.1 Å². The van der Waals surface area contributed by atoms with Crippen LogP contribution < -0.4 is 11.1 Å². The molecule has 18 heavy (non-hydrogen) atoms. The van der Waals surface area contributed by atoms with Gasteiger partial charge in [0, 0.05) is 29.2 Å². The average molecular weight is 271 g/mol. The Labute approximate surface area is 113 Å². The molecule has 0 saturated heterocycles. The van der Waals surface area contributed by atoms with Gasteiger partial charge in [0.15, 0.2) is 0 Å². The van der Waals surface area contributed by atoms with Gasteiger partial charge >= 0.3 is 0 Å². The first-order chi connectivity index (χ1) is 8.61. The Morgan fingerprint density at radius 1 is 1.50 bits per heavy atom. The number of hydrogen-bond donors (Lipinski definition) is 2. The quantitative estimate of drug-likeness (QED) is 0.881. The second-order valence-electron chi connectivity index (χ2n) is 5.21. The van der Waals surface area contributed by atoms with E-state index < -0.39 is 0 Å². The van der Waals surface area contributed by atoms with Crippen LogP contribution in [0.25, 0.3) is 0 Å². The Bertz CT molecular complexity index is 391. The van der Waals surface area contributed by atoms with Crippen LogP contribution in [-0.2, 0) is 0 Å². The van der Waals surface area contributed by atoms with Crippen LogP contribution in [0.3, 0.4) is 0 Å². The molecule has 4 heteroatoms. The summed E-state index contributed by atoms with van der Waals surface area (Å²) in [4.78, 5) is 0. The Hall–Kier alpha value is -0.640. The molecule has 100 valence electrons. The van der Waals surface area contributed by atoms with Crippen molar-refractivity contribution in [3.05, 3.63) is 34.6 Å². The molecule has 3 unspecified atom stereocenters. The SMILES string of the molecule is CC1CCC(NC(CN)c2c(F)cccc2Cl)C1. The van der Waals surface area contributed by atoms with Gasteiger partial charge in [-0.25, -0.2) is 4.39 Å². The number of rotatable bonds is 4. The van der Waals surface area contributed by atoms with Crippen LogP contribution in [-0.4, -0.2) is 12.6 Å². The lowest BCUT2D eigenvalue weighted by Gasteiger charge is -2.23. The molecule has 1 fully saturated rings. The first-order valence-corrected chi connectivity index (χ1v) is 6.89. The van der Waals surface area contributed by atoms with Crippen LogP contribution in [0.2, 0.25) is 5.02 Å². The molecule has 1 aromatic rings. The lowest BCUT2D eigenvalue weighted by Crippen LogP contribution is -2.36. The van der Waals surface area contributed by atoms with Crippen LogP contribution in [0.4, 0.5) is 4.39 Å². The summed E-state index contributed by atoms with van der Waals surface area (Å²) < 4.78 is 13.9. The van der Waals surface area contributed by atoms with E-state index in [-0.39, 0.29) is 11.9 Å². The van der Waals surface area contributed by atoms with Gasteiger partial charge in [0.2, 0.25) is 0 Å². The number of nitrogens with one attached hydrogen (secondary N) is 1. The highest BCUT2D eigenvalue weighted by Crippen LogP contribution is 2.30. The molecule has 1 saturated carbocycles. The van der Waals surface area contributed by atoms with Gasteiger partial charge in [0.25, 0.3) is 0 Å². The maximum absolute atomic E-state index is 13.9. The van der Waals surface area contributed by atoms with Crippen LogP contribution >= 0.6 is 11.6 Å². The van der Waals surface area contributed by atoms with E-state index in [2.05, 4.69) is 12.2 Å². The molecular formula is C14H20ClFN2. The third kappa shape index (κ3) is 3.02. The molecule has 0 heterocycles. The van der Waals surface area contributed by atoms with Crippen LogP contribution in [0, 0.1) is 11.7 Å². The highest BCUT2D eigenvalue weighted by Gasteiger charge is 2.26. The predicted molar refractivity (Wildman–Crippen MR) is 73.1 cm³/mol. The maximum atomic E-state index is 13.9. The second kappa shape index (κ2) is 6.00. The zero-order chi connectivity index (χ0) is 13.1. The van der Waals surface area contributed by atoms with Gasteiger partial charge in [-0.1, -0.05) is 24.6 Å². The zero-order valence-electron chi connectivity index (χ0n) is 10.6. The summed E-state index contributed by atoms with van der Waals surface area (Å²) in [6.07, 6.45) is 3.48. The third-order valence-corrected chi connectivity index (χ3v) is 4.05. The summed E-state index contributed by atoms with van der Waals surface area (Å²) in [5.74, 6) is 0.452. The summed E-state index contributed by atoms with van der Waals surface area (Å²) in [6.45, 7) is 2.60. The standard InChI is InChI=1S/C14H20ClFN2/c1-9-5-6-10(7-9)18-13(8-17)14-11(15)3-2-4-12(14)16/h2-4,9-10,13,18H,5-8,17H2,1H3. The van der Waals surface area contributed by atoms with E-state index in [1.54, 1.807) is 12.1 Å². The lowest BCUT2D eigenvalue weighted by atomic mass is 10.0. The molecule has 1 aliphatic carbocycles. The fraction of sp³-hybridized carbons (Fsp3) is 0.571. The second-order valence-corrected chi connectivity index (χ2v) is 5.61. The molecule has 0 amide bonds. The van der Waals surface area contributed by atoms with Crippen molar-refractivity contribution in [1.29, 1.82) is 0 Å². The summed E-state index contributed by atoms with van der Waals surface area (Å²) in [7, 11) is 0. The van der Waals surface area contributed by atoms with Crippen molar-refractivity contribution < 1.29 is 4.39 Å². The van der Waals surface area contributed by atoms with E-state index in [1.807, 2.05) is 0 Å². The molecule has 2 rings (SSSR count). The average Bonchev–Trinajstić information content (AvgIpc) is 2.73. The van der Waals surface area contributed by atoms with Gasteiger partial charge in [-0.3, -0.25) is 0 Å². The highest BCUT2D eigenvalue weighted by atomic mass is 35.5. The van der Waals surface area contributed by atoms with Gasteiger partial charge in [-0.2, -0.15) is 0 Å². The molecule has 0 aromatic heterocycles. The van der Waals surface area contributed by atoms with Gasteiger partial charge in [0.1, 0.15) is 5.82 Å².